The average Bonchev–Trinajstić information content (AvgIpc) is 3.05. The maximum atomic E-state index is 15.0. The van der Waals surface area contributed by atoms with E-state index in [1.807, 2.05) is 0 Å². The van der Waals surface area contributed by atoms with Crippen LogP contribution in [0.1, 0.15) is 37.5 Å². The lowest BCUT2D eigenvalue weighted by molar-refractivity contribution is -0.271. The van der Waals surface area contributed by atoms with Crippen LogP contribution in [-0.2, 0) is 60.2 Å². The van der Waals surface area contributed by atoms with Crippen LogP contribution in [0.5, 0.6) is 5.75 Å². The van der Waals surface area contributed by atoms with E-state index >= 15 is 4.57 Å². The lowest BCUT2D eigenvalue weighted by atomic mass is 10.0. The van der Waals surface area contributed by atoms with Crippen LogP contribution in [0.2, 0.25) is 0 Å². The van der Waals surface area contributed by atoms with Crippen molar-refractivity contribution in [3.8, 4) is 5.75 Å². The van der Waals surface area contributed by atoms with Gasteiger partial charge in [-0.2, -0.15) is 0 Å². The average molecular weight is 695 g/mol. The zero-order chi connectivity index (χ0) is 35.1. The molecule has 4 aromatic rings. The molecule has 1 aliphatic rings. The van der Waals surface area contributed by atoms with Crippen molar-refractivity contribution in [3.05, 3.63) is 112 Å². The molecule has 0 aliphatic carbocycles. The molecule has 1 aromatic heterocycles. The number of carbonyl (C=O) groups excluding carboxylic acids is 3. The van der Waals surface area contributed by atoms with Gasteiger partial charge in [-0.3, -0.25) is 18.9 Å². The zero-order valence-electron chi connectivity index (χ0n) is 27.1. The van der Waals surface area contributed by atoms with Crippen molar-refractivity contribution in [2.24, 2.45) is 0 Å². The highest BCUT2D eigenvalue weighted by Crippen LogP contribution is 2.59. The van der Waals surface area contributed by atoms with E-state index in [9.17, 15) is 19.2 Å². The Labute approximate surface area is 281 Å². The number of benzene rings is 3. The summed E-state index contributed by atoms with van der Waals surface area (Å²) < 4.78 is 61.5. The quantitative estimate of drug-likeness (QED) is 0.0782. The van der Waals surface area contributed by atoms with Gasteiger partial charge in [0.1, 0.15) is 11.3 Å². The number of hydrogen-bond donors (Lipinski definition) is 0. The molecular weight excluding hydrogens is 659 g/mol. The summed E-state index contributed by atoms with van der Waals surface area (Å²) in [7, 11) is -4.54. The minimum absolute atomic E-state index is 0.0832. The molecule has 0 amide bonds. The van der Waals surface area contributed by atoms with Crippen molar-refractivity contribution in [2.75, 3.05) is 0 Å². The second-order valence-corrected chi connectivity index (χ2v) is 13.3. The van der Waals surface area contributed by atoms with Crippen molar-refractivity contribution >= 4 is 36.5 Å². The van der Waals surface area contributed by atoms with Crippen LogP contribution in [0.25, 0.3) is 11.0 Å². The van der Waals surface area contributed by atoms with E-state index in [0.717, 1.165) is 20.8 Å². The Balaban J connectivity index is 1.60. The molecule has 0 saturated carbocycles. The fraction of sp³-hybridized carbons (Fsp3) is 0.314. The Hall–Kier alpha value is -4.81. The van der Waals surface area contributed by atoms with Crippen LogP contribution in [0.15, 0.2) is 94.1 Å². The third kappa shape index (κ3) is 9.01. The zero-order valence-corrected chi connectivity index (χ0v) is 28.0. The lowest BCUT2D eigenvalue weighted by Crippen LogP contribution is -2.62. The van der Waals surface area contributed by atoms with E-state index in [1.165, 1.54) is 12.1 Å². The van der Waals surface area contributed by atoms with Gasteiger partial charge in [-0.1, -0.05) is 60.7 Å². The van der Waals surface area contributed by atoms with Gasteiger partial charge in [-0.15, -0.1) is 0 Å². The second-order valence-electron chi connectivity index (χ2n) is 11.2. The van der Waals surface area contributed by atoms with Gasteiger partial charge < -0.3 is 37.1 Å². The first kappa shape index (κ1) is 35.5. The number of ether oxygens (including phenoxy) is 5. The number of hydrogen-bond acceptors (Lipinski definition) is 13. The van der Waals surface area contributed by atoms with Crippen molar-refractivity contribution in [2.45, 2.75) is 71.4 Å². The standard InChI is InChI=1S/C35H35O13P/c1-21-17-30(39)47-29-18-27(15-16-28(21)29)46-34-32(44-23(3)37)31(43-22(2)36)33(45-24(4)38)35(48-34)49(40,41-19-25-11-7-5-8-12-25)42-20-26-13-9-6-10-14-26/h5-18,31-35H,19-20H2,1-4H3/t31-,32-,33+,34-,35-/m1/s1. The van der Waals surface area contributed by atoms with Gasteiger partial charge in [-0.05, 0) is 35.7 Å². The Morgan fingerprint density at radius 1 is 0.714 bits per heavy atom. The highest BCUT2D eigenvalue weighted by atomic mass is 31.2. The molecule has 0 unspecified atom stereocenters. The molecular formula is C35H35O13P. The van der Waals surface area contributed by atoms with Crippen molar-refractivity contribution in [3.63, 3.8) is 0 Å². The summed E-state index contributed by atoms with van der Waals surface area (Å²) in [6, 6.07) is 23.6. The molecule has 3 aromatic carbocycles. The predicted molar refractivity (Wildman–Crippen MR) is 173 cm³/mol. The maximum Gasteiger partial charge on any atom is 0.363 e. The van der Waals surface area contributed by atoms with Gasteiger partial charge >= 0.3 is 31.1 Å². The number of esters is 3. The first-order chi connectivity index (χ1) is 23.4. The third-order valence-electron chi connectivity index (χ3n) is 7.37. The highest BCUT2D eigenvalue weighted by Gasteiger charge is 2.60. The first-order valence-corrected chi connectivity index (χ1v) is 16.9. The Bertz CT molecular complexity index is 1840. The van der Waals surface area contributed by atoms with E-state index in [-0.39, 0.29) is 24.5 Å². The van der Waals surface area contributed by atoms with Gasteiger partial charge in [0, 0.05) is 38.3 Å². The summed E-state index contributed by atoms with van der Waals surface area (Å²) in [5, 5.41) is 0.631. The van der Waals surface area contributed by atoms with Gasteiger partial charge in [-0.25, -0.2) is 4.79 Å². The fourth-order valence-electron chi connectivity index (χ4n) is 5.28. The summed E-state index contributed by atoms with van der Waals surface area (Å²) in [6.07, 6.45) is -6.48. The molecule has 1 aliphatic heterocycles. The third-order valence-corrected chi connectivity index (χ3v) is 9.39. The summed E-state index contributed by atoms with van der Waals surface area (Å²) in [4.78, 5) is 49.4. The van der Waals surface area contributed by atoms with Crippen LogP contribution >= 0.6 is 7.60 Å². The minimum Gasteiger partial charge on any atom is -0.461 e. The second kappa shape index (κ2) is 15.6. The predicted octanol–water partition coefficient (Wildman–Crippen LogP) is 5.58. The normalized spacial score (nSPS) is 20.7. The molecule has 13 nitrogen and oxygen atoms in total. The number of rotatable bonds is 12. The number of carbonyl (C=O) groups is 3. The van der Waals surface area contributed by atoms with E-state index < -0.39 is 61.6 Å². The van der Waals surface area contributed by atoms with E-state index in [2.05, 4.69) is 0 Å². The van der Waals surface area contributed by atoms with Crippen LogP contribution in [0.3, 0.4) is 0 Å². The van der Waals surface area contributed by atoms with Crippen molar-refractivity contribution in [1.29, 1.82) is 0 Å². The Morgan fingerprint density at radius 3 is 1.80 bits per heavy atom. The summed E-state index contributed by atoms with van der Waals surface area (Å²) in [5.74, 6) is -4.20. The van der Waals surface area contributed by atoms with Gasteiger partial charge in [0.15, 0.2) is 12.2 Å². The fourth-order valence-corrected chi connectivity index (χ4v) is 7.16. The summed E-state index contributed by atoms with van der Waals surface area (Å²) >= 11 is 0. The summed E-state index contributed by atoms with van der Waals surface area (Å²) in [5.41, 5.74) is 1.55. The molecule has 0 spiro atoms. The SMILES string of the molecule is CC(=O)O[C@@H]1[C@@H](OC(C)=O)[C@H](Oc2ccc3c(C)cc(=O)oc3c2)O[C@H](P(=O)(OCc2ccccc2)OCc2ccccc2)[C@H]1OC(C)=O. The van der Waals surface area contributed by atoms with Crippen LogP contribution in [0, 0.1) is 6.92 Å². The molecule has 0 bridgehead atoms. The van der Waals surface area contributed by atoms with E-state index in [1.54, 1.807) is 79.7 Å². The molecule has 1 fully saturated rings. The van der Waals surface area contributed by atoms with E-state index in [4.69, 9.17) is 37.1 Å². The number of fused-ring (bicyclic) bond motifs is 1. The van der Waals surface area contributed by atoms with Gasteiger partial charge in [0.05, 0.1) is 13.2 Å². The van der Waals surface area contributed by atoms with Crippen LogP contribution in [0.4, 0.5) is 0 Å². The smallest absolute Gasteiger partial charge is 0.363 e. The van der Waals surface area contributed by atoms with Crippen molar-refractivity contribution < 1.29 is 56.1 Å². The molecule has 1 saturated heterocycles. The topological polar surface area (TPSA) is 163 Å². The number of aryl methyl sites for hydroxylation is 1. The molecule has 14 heteroatoms. The molecule has 5 atom stereocenters. The Morgan fingerprint density at radius 2 is 1.24 bits per heavy atom. The molecule has 258 valence electrons. The molecule has 0 N–H and O–H groups in total. The molecule has 0 radical (unpaired) electrons. The van der Waals surface area contributed by atoms with E-state index in [0.29, 0.717) is 22.1 Å². The monoisotopic (exact) mass is 694 g/mol. The highest BCUT2D eigenvalue weighted by molar-refractivity contribution is 7.54. The first-order valence-electron chi connectivity index (χ1n) is 15.3. The molecule has 5 rings (SSSR count). The van der Waals surface area contributed by atoms with Crippen LogP contribution < -0.4 is 10.4 Å². The molecule has 49 heavy (non-hydrogen) atoms. The van der Waals surface area contributed by atoms with Gasteiger partial charge in [0.25, 0.3) is 0 Å². The van der Waals surface area contributed by atoms with Crippen LogP contribution in [-0.4, -0.2) is 48.4 Å². The lowest BCUT2D eigenvalue weighted by Gasteiger charge is -2.45. The van der Waals surface area contributed by atoms with Crippen molar-refractivity contribution in [1.82, 2.24) is 0 Å². The minimum atomic E-state index is -4.54. The van der Waals surface area contributed by atoms with Gasteiger partial charge in [0.2, 0.25) is 18.2 Å². The Kier molecular flexibility index (Phi) is 11.3. The largest absolute Gasteiger partial charge is 0.461 e. The summed E-state index contributed by atoms with van der Waals surface area (Å²) in [6.45, 7) is 4.63. The molecule has 2 heterocycles. The maximum absolute atomic E-state index is 15.0.